The molecule has 4 heteroatoms. The predicted molar refractivity (Wildman–Crippen MR) is 84.2 cm³/mol. The number of nitrogens with one attached hydrogen (secondary N) is 2. The summed E-state index contributed by atoms with van der Waals surface area (Å²) >= 11 is 1.85. The molecule has 0 radical (unpaired) electrons. The Balaban J connectivity index is 2.12. The number of thiophene rings is 1. The van der Waals surface area contributed by atoms with Crippen LogP contribution in [0.4, 0.5) is 11.5 Å². The third-order valence-corrected chi connectivity index (χ3v) is 4.03. The summed E-state index contributed by atoms with van der Waals surface area (Å²) < 4.78 is 0. The van der Waals surface area contributed by atoms with Gasteiger partial charge in [-0.1, -0.05) is 0 Å². The van der Waals surface area contributed by atoms with Gasteiger partial charge in [0.2, 0.25) is 0 Å². The van der Waals surface area contributed by atoms with Crippen LogP contribution in [0.15, 0.2) is 24.4 Å². The van der Waals surface area contributed by atoms with Crippen LogP contribution < -0.4 is 10.6 Å². The van der Waals surface area contributed by atoms with Gasteiger partial charge in [-0.15, -0.1) is 11.3 Å². The van der Waals surface area contributed by atoms with Crippen LogP contribution in [0.5, 0.6) is 0 Å². The second kappa shape index (κ2) is 6.06. The van der Waals surface area contributed by atoms with Crippen LogP contribution in [-0.2, 0) is 0 Å². The number of anilines is 2. The van der Waals surface area contributed by atoms with Gasteiger partial charge >= 0.3 is 0 Å². The number of rotatable bonds is 5. The number of pyridine rings is 1. The molecule has 0 saturated carbocycles. The van der Waals surface area contributed by atoms with Gasteiger partial charge in [-0.3, -0.25) is 0 Å². The first-order chi connectivity index (χ1) is 9.10. The average Bonchev–Trinajstić information content (AvgIpc) is 2.69. The summed E-state index contributed by atoms with van der Waals surface area (Å²) in [6.45, 7) is 9.49. The van der Waals surface area contributed by atoms with E-state index in [4.69, 9.17) is 0 Å². The van der Waals surface area contributed by atoms with Crippen molar-refractivity contribution in [2.24, 2.45) is 0 Å². The van der Waals surface area contributed by atoms with E-state index in [9.17, 15) is 0 Å². The van der Waals surface area contributed by atoms with Gasteiger partial charge in [0.15, 0.2) is 0 Å². The number of hydrogen-bond donors (Lipinski definition) is 2. The van der Waals surface area contributed by atoms with Crippen molar-refractivity contribution in [1.29, 1.82) is 0 Å². The Morgan fingerprint density at radius 3 is 2.74 bits per heavy atom. The molecule has 2 rings (SSSR count). The maximum Gasteiger partial charge on any atom is 0.127 e. The van der Waals surface area contributed by atoms with Crippen molar-refractivity contribution in [3.8, 4) is 0 Å². The van der Waals surface area contributed by atoms with Crippen LogP contribution in [0.1, 0.15) is 35.2 Å². The number of aromatic nitrogens is 1. The minimum absolute atomic E-state index is 0.307. The van der Waals surface area contributed by atoms with Crippen molar-refractivity contribution in [3.63, 3.8) is 0 Å². The first-order valence-electron chi connectivity index (χ1n) is 6.63. The molecule has 2 heterocycles. The molecule has 0 spiro atoms. The zero-order valence-electron chi connectivity index (χ0n) is 11.9. The van der Waals surface area contributed by atoms with Crippen LogP contribution in [0, 0.1) is 13.8 Å². The summed E-state index contributed by atoms with van der Waals surface area (Å²) in [7, 11) is 0. The lowest BCUT2D eigenvalue weighted by Gasteiger charge is -2.16. The quantitative estimate of drug-likeness (QED) is 0.851. The largest absolute Gasteiger partial charge is 0.378 e. The van der Waals surface area contributed by atoms with E-state index in [2.05, 4.69) is 55.4 Å². The summed E-state index contributed by atoms with van der Waals surface area (Å²) in [6, 6.07) is 6.63. The lowest BCUT2D eigenvalue weighted by atomic mass is 10.1. The molecule has 19 heavy (non-hydrogen) atoms. The summed E-state index contributed by atoms with van der Waals surface area (Å²) in [5.41, 5.74) is 2.48. The van der Waals surface area contributed by atoms with Gasteiger partial charge in [-0.05, 0) is 45.4 Å². The molecule has 2 aromatic heterocycles. The molecule has 0 fully saturated rings. The number of nitrogens with zero attached hydrogens (tertiary/aromatic N) is 1. The zero-order valence-corrected chi connectivity index (χ0v) is 12.8. The Kier molecular flexibility index (Phi) is 4.43. The van der Waals surface area contributed by atoms with E-state index in [1.807, 2.05) is 23.6 Å². The van der Waals surface area contributed by atoms with Crippen molar-refractivity contribution >= 4 is 22.8 Å². The van der Waals surface area contributed by atoms with Crippen LogP contribution in [0.3, 0.4) is 0 Å². The van der Waals surface area contributed by atoms with Crippen LogP contribution in [-0.4, -0.2) is 11.5 Å². The Bertz CT molecular complexity index is 548. The molecule has 1 atom stereocenters. The molecule has 102 valence electrons. The minimum Gasteiger partial charge on any atom is -0.378 e. The van der Waals surface area contributed by atoms with Crippen molar-refractivity contribution in [1.82, 2.24) is 4.98 Å². The molecule has 0 saturated heterocycles. The fourth-order valence-corrected chi connectivity index (χ4v) is 3.23. The van der Waals surface area contributed by atoms with Gasteiger partial charge in [-0.2, -0.15) is 0 Å². The maximum absolute atomic E-state index is 4.28. The number of hydrogen-bond acceptors (Lipinski definition) is 4. The lowest BCUT2D eigenvalue weighted by molar-refractivity contribution is 0.881. The van der Waals surface area contributed by atoms with E-state index in [1.165, 1.54) is 15.3 Å². The van der Waals surface area contributed by atoms with Crippen molar-refractivity contribution in [2.45, 2.75) is 33.7 Å². The SMILES string of the molecule is CCNc1cc(NC(C)c2cc(C)sc2C)ccn1. The highest BCUT2D eigenvalue weighted by atomic mass is 32.1. The van der Waals surface area contributed by atoms with E-state index in [0.29, 0.717) is 6.04 Å². The Hall–Kier alpha value is -1.55. The third kappa shape index (κ3) is 3.47. The van der Waals surface area contributed by atoms with Crippen molar-refractivity contribution < 1.29 is 0 Å². The summed E-state index contributed by atoms with van der Waals surface area (Å²) in [5.74, 6) is 0.915. The van der Waals surface area contributed by atoms with Gasteiger partial charge in [0.05, 0.1) is 0 Å². The maximum atomic E-state index is 4.28. The molecule has 0 bridgehead atoms. The predicted octanol–water partition coefficient (Wildman–Crippen LogP) is 4.36. The highest BCUT2D eigenvalue weighted by molar-refractivity contribution is 7.12. The molecule has 0 amide bonds. The highest BCUT2D eigenvalue weighted by Gasteiger charge is 2.11. The van der Waals surface area contributed by atoms with Crippen molar-refractivity contribution in [3.05, 3.63) is 39.7 Å². The first kappa shape index (κ1) is 13.9. The molecule has 2 N–H and O–H groups in total. The van der Waals surface area contributed by atoms with Gasteiger partial charge in [-0.25, -0.2) is 4.98 Å². The van der Waals surface area contributed by atoms with E-state index in [1.54, 1.807) is 0 Å². The number of aryl methyl sites for hydroxylation is 2. The Morgan fingerprint density at radius 1 is 1.32 bits per heavy atom. The third-order valence-electron chi connectivity index (χ3n) is 3.05. The van der Waals surface area contributed by atoms with Crippen LogP contribution in [0.2, 0.25) is 0 Å². The molecule has 0 aromatic carbocycles. The average molecular weight is 275 g/mol. The monoisotopic (exact) mass is 275 g/mol. The molecular formula is C15H21N3S. The van der Waals surface area contributed by atoms with Crippen molar-refractivity contribution in [2.75, 3.05) is 17.2 Å². The zero-order chi connectivity index (χ0) is 13.8. The summed E-state index contributed by atoms with van der Waals surface area (Å²) in [6.07, 6.45) is 1.83. The van der Waals surface area contributed by atoms with E-state index < -0.39 is 0 Å². The van der Waals surface area contributed by atoms with Gasteiger partial charge in [0, 0.05) is 40.3 Å². The molecule has 1 unspecified atom stereocenters. The molecule has 0 aliphatic rings. The molecule has 0 aliphatic carbocycles. The topological polar surface area (TPSA) is 37.0 Å². The highest BCUT2D eigenvalue weighted by Crippen LogP contribution is 2.28. The van der Waals surface area contributed by atoms with Gasteiger partial charge in [0.25, 0.3) is 0 Å². The molecule has 3 nitrogen and oxygen atoms in total. The lowest BCUT2D eigenvalue weighted by Crippen LogP contribution is -2.07. The van der Waals surface area contributed by atoms with E-state index >= 15 is 0 Å². The van der Waals surface area contributed by atoms with E-state index in [0.717, 1.165) is 18.1 Å². The Labute approximate surface area is 119 Å². The summed E-state index contributed by atoms with van der Waals surface area (Å²) in [4.78, 5) is 7.03. The second-order valence-electron chi connectivity index (χ2n) is 4.69. The fourth-order valence-electron chi connectivity index (χ4n) is 2.21. The van der Waals surface area contributed by atoms with Crippen LogP contribution >= 0.6 is 11.3 Å². The Morgan fingerprint density at radius 2 is 2.11 bits per heavy atom. The standard InChI is InChI=1S/C15H21N3S/c1-5-16-15-9-13(6-7-17-15)18-11(3)14-8-10(2)19-12(14)4/h6-9,11H,5H2,1-4H3,(H2,16,17,18). The van der Waals surface area contributed by atoms with Crippen LogP contribution in [0.25, 0.3) is 0 Å². The van der Waals surface area contributed by atoms with E-state index in [-0.39, 0.29) is 0 Å². The van der Waals surface area contributed by atoms with Gasteiger partial charge < -0.3 is 10.6 Å². The minimum atomic E-state index is 0.307. The molecular weight excluding hydrogens is 254 g/mol. The second-order valence-corrected chi connectivity index (χ2v) is 6.16. The molecule has 0 aliphatic heterocycles. The van der Waals surface area contributed by atoms with Gasteiger partial charge in [0.1, 0.15) is 5.82 Å². The summed E-state index contributed by atoms with van der Waals surface area (Å²) in [5, 5.41) is 6.77. The fraction of sp³-hybridized carbons (Fsp3) is 0.400. The first-order valence-corrected chi connectivity index (χ1v) is 7.45. The molecule has 2 aromatic rings. The smallest absolute Gasteiger partial charge is 0.127 e. The normalized spacial score (nSPS) is 12.2.